The Hall–Kier alpha value is -1.22. The second-order valence-electron chi connectivity index (χ2n) is 2.88. The maximum atomic E-state index is 12.0. The summed E-state index contributed by atoms with van der Waals surface area (Å²) >= 11 is 0. The van der Waals surface area contributed by atoms with Gasteiger partial charge in [-0.05, 0) is 6.92 Å². The normalized spacial score (nSPS) is 12.5. The number of rotatable bonds is 2. The Labute approximate surface area is 98.2 Å². The lowest BCUT2D eigenvalue weighted by Gasteiger charge is -2.11. The molecule has 1 aromatic heterocycles. The highest BCUT2D eigenvalue weighted by molar-refractivity contribution is 8.13. The Kier molecular flexibility index (Phi) is 3.44. The monoisotopic (exact) mass is 291 g/mol. The number of aryl methyl sites for hydroxylation is 1. The van der Waals surface area contributed by atoms with Crippen molar-refractivity contribution in [1.29, 1.82) is 0 Å². The van der Waals surface area contributed by atoms with Crippen molar-refractivity contribution in [2.75, 3.05) is 0 Å². The molecular formula is C7H5ClF3NO4S. The van der Waals surface area contributed by atoms with Crippen molar-refractivity contribution < 1.29 is 31.4 Å². The minimum absolute atomic E-state index is 0.228. The first-order valence-corrected chi connectivity index (χ1v) is 6.22. The van der Waals surface area contributed by atoms with Crippen molar-refractivity contribution >= 4 is 19.7 Å². The second-order valence-corrected chi connectivity index (χ2v) is 5.42. The van der Waals surface area contributed by atoms with Gasteiger partial charge in [-0.15, -0.1) is 13.2 Å². The molecule has 0 spiro atoms. The first-order chi connectivity index (χ1) is 7.50. The molecule has 1 heterocycles. The minimum Gasteiger partial charge on any atom is -0.506 e. The van der Waals surface area contributed by atoms with Gasteiger partial charge in [0, 0.05) is 16.7 Å². The van der Waals surface area contributed by atoms with Crippen molar-refractivity contribution in [3.63, 3.8) is 0 Å². The lowest BCUT2D eigenvalue weighted by molar-refractivity contribution is -0.277. The number of pyridine rings is 1. The summed E-state index contributed by atoms with van der Waals surface area (Å²) in [6.07, 6.45) is -5.12. The van der Waals surface area contributed by atoms with Crippen LogP contribution in [0.15, 0.2) is 11.0 Å². The van der Waals surface area contributed by atoms with Crippen LogP contribution in [0.4, 0.5) is 13.2 Å². The van der Waals surface area contributed by atoms with E-state index in [9.17, 15) is 21.6 Å². The summed E-state index contributed by atoms with van der Waals surface area (Å²) in [5.41, 5.74) is -0.228. The Morgan fingerprint density at radius 1 is 1.47 bits per heavy atom. The van der Waals surface area contributed by atoms with Gasteiger partial charge in [0.25, 0.3) is 9.05 Å². The fourth-order valence-electron chi connectivity index (χ4n) is 0.912. The lowest BCUT2D eigenvalue weighted by Crippen LogP contribution is -2.19. The molecule has 1 rings (SSSR count). The number of hydrogen-bond acceptors (Lipinski definition) is 5. The molecule has 0 saturated carbocycles. The van der Waals surface area contributed by atoms with E-state index in [1.165, 1.54) is 6.92 Å². The van der Waals surface area contributed by atoms with Crippen LogP contribution >= 0.6 is 10.7 Å². The van der Waals surface area contributed by atoms with Gasteiger partial charge in [-0.3, -0.25) is 0 Å². The van der Waals surface area contributed by atoms with E-state index in [1.807, 2.05) is 0 Å². The maximum absolute atomic E-state index is 12.0. The fourth-order valence-corrected chi connectivity index (χ4v) is 1.79. The predicted molar refractivity (Wildman–Crippen MR) is 50.4 cm³/mol. The molecule has 1 aromatic rings. The molecule has 0 aliphatic rings. The Bertz CT molecular complexity index is 543. The van der Waals surface area contributed by atoms with Crippen LogP contribution in [0.5, 0.6) is 11.6 Å². The highest BCUT2D eigenvalue weighted by Gasteiger charge is 2.35. The second kappa shape index (κ2) is 4.22. The topological polar surface area (TPSA) is 76.5 Å². The number of hydrogen-bond donors (Lipinski definition) is 1. The van der Waals surface area contributed by atoms with E-state index in [2.05, 4.69) is 9.72 Å². The van der Waals surface area contributed by atoms with Crippen LogP contribution in [-0.4, -0.2) is 24.9 Å². The average molecular weight is 292 g/mol. The Balaban J connectivity index is 3.42. The molecule has 0 radical (unpaired) electrons. The van der Waals surface area contributed by atoms with Gasteiger partial charge in [0.1, 0.15) is 10.6 Å². The molecule has 5 nitrogen and oxygen atoms in total. The third kappa shape index (κ3) is 3.63. The van der Waals surface area contributed by atoms with E-state index in [-0.39, 0.29) is 5.69 Å². The van der Waals surface area contributed by atoms with Crippen LogP contribution in [0.1, 0.15) is 5.69 Å². The Morgan fingerprint density at radius 3 is 2.41 bits per heavy atom. The maximum Gasteiger partial charge on any atom is 0.574 e. The van der Waals surface area contributed by atoms with Crippen LogP contribution in [0.3, 0.4) is 0 Å². The summed E-state index contributed by atoms with van der Waals surface area (Å²) in [4.78, 5) is 2.11. The molecule has 96 valence electrons. The molecule has 0 aliphatic carbocycles. The van der Waals surface area contributed by atoms with Gasteiger partial charge in [0.05, 0.1) is 5.69 Å². The van der Waals surface area contributed by atoms with E-state index < -0.39 is 31.9 Å². The quantitative estimate of drug-likeness (QED) is 0.843. The lowest BCUT2D eigenvalue weighted by atomic mass is 10.3. The average Bonchev–Trinajstić information content (AvgIpc) is 2.06. The number of aromatic hydroxyl groups is 1. The zero-order valence-corrected chi connectivity index (χ0v) is 9.69. The van der Waals surface area contributed by atoms with Crippen molar-refractivity contribution in [1.82, 2.24) is 4.98 Å². The van der Waals surface area contributed by atoms with Crippen LogP contribution in [-0.2, 0) is 9.05 Å². The van der Waals surface area contributed by atoms with Gasteiger partial charge in [-0.25, -0.2) is 13.4 Å². The van der Waals surface area contributed by atoms with E-state index in [4.69, 9.17) is 15.8 Å². The van der Waals surface area contributed by atoms with Gasteiger partial charge in [-0.2, -0.15) is 0 Å². The molecule has 0 aromatic carbocycles. The third-order valence-electron chi connectivity index (χ3n) is 1.59. The van der Waals surface area contributed by atoms with Crippen LogP contribution in [0.25, 0.3) is 0 Å². The van der Waals surface area contributed by atoms with Gasteiger partial charge >= 0.3 is 6.36 Å². The highest BCUT2D eigenvalue weighted by atomic mass is 35.7. The largest absolute Gasteiger partial charge is 0.574 e. The third-order valence-corrected chi connectivity index (χ3v) is 2.91. The van der Waals surface area contributed by atoms with Crippen LogP contribution < -0.4 is 4.74 Å². The van der Waals surface area contributed by atoms with Crippen molar-refractivity contribution in [2.45, 2.75) is 18.2 Å². The van der Waals surface area contributed by atoms with E-state index in [0.29, 0.717) is 6.07 Å². The summed E-state index contributed by atoms with van der Waals surface area (Å²) in [7, 11) is 0.370. The number of halogens is 4. The van der Waals surface area contributed by atoms with Crippen LogP contribution in [0.2, 0.25) is 0 Å². The van der Waals surface area contributed by atoms with Gasteiger partial charge < -0.3 is 9.84 Å². The fraction of sp³-hybridized carbons (Fsp3) is 0.286. The minimum atomic E-state index is -5.12. The summed E-state index contributed by atoms with van der Waals surface area (Å²) < 4.78 is 61.3. The molecule has 0 fully saturated rings. The highest BCUT2D eigenvalue weighted by Crippen LogP contribution is 2.33. The molecule has 0 saturated heterocycles. The molecule has 17 heavy (non-hydrogen) atoms. The molecule has 0 aliphatic heterocycles. The van der Waals surface area contributed by atoms with Gasteiger partial charge in [0.2, 0.25) is 5.88 Å². The number of nitrogens with zero attached hydrogens (tertiary/aromatic N) is 1. The van der Waals surface area contributed by atoms with E-state index in [0.717, 1.165) is 0 Å². The SMILES string of the molecule is Cc1nc(OC(F)(F)F)c(S(=O)(=O)Cl)cc1O. The first kappa shape index (κ1) is 13.8. The van der Waals surface area contributed by atoms with E-state index in [1.54, 1.807) is 0 Å². The molecular weight excluding hydrogens is 287 g/mol. The number of aromatic nitrogens is 1. The molecule has 10 heteroatoms. The van der Waals surface area contributed by atoms with Gasteiger partial charge in [-0.1, -0.05) is 0 Å². The summed E-state index contributed by atoms with van der Waals surface area (Å²) in [5.74, 6) is -1.85. The zero-order valence-electron chi connectivity index (χ0n) is 8.12. The number of ether oxygens (including phenoxy) is 1. The van der Waals surface area contributed by atoms with Crippen molar-refractivity contribution in [2.24, 2.45) is 0 Å². The molecule has 0 amide bonds. The number of alkyl halides is 3. The Morgan fingerprint density at radius 2 is 2.00 bits per heavy atom. The smallest absolute Gasteiger partial charge is 0.506 e. The van der Waals surface area contributed by atoms with Gasteiger partial charge in [0.15, 0.2) is 0 Å². The van der Waals surface area contributed by atoms with Crippen molar-refractivity contribution in [3.8, 4) is 11.6 Å². The zero-order chi connectivity index (χ0) is 13.4. The molecule has 0 atom stereocenters. The molecule has 0 unspecified atom stereocenters. The first-order valence-electron chi connectivity index (χ1n) is 3.92. The van der Waals surface area contributed by atoms with E-state index >= 15 is 0 Å². The summed E-state index contributed by atoms with van der Waals surface area (Å²) in [5, 5.41) is 9.16. The summed E-state index contributed by atoms with van der Waals surface area (Å²) in [6, 6.07) is 0.533. The van der Waals surface area contributed by atoms with Crippen molar-refractivity contribution in [3.05, 3.63) is 11.8 Å². The summed E-state index contributed by atoms with van der Waals surface area (Å²) in [6.45, 7) is 1.17. The standard InChI is InChI=1S/C7H5ClF3NO4S/c1-3-4(13)2-5(17(8,14)15)6(12-3)16-7(9,10)11/h2,13H,1H3. The molecule has 0 bridgehead atoms. The van der Waals surface area contributed by atoms with Crippen LogP contribution in [0, 0.1) is 6.92 Å². The predicted octanol–water partition coefficient (Wildman–Crippen LogP) is 1.92. The molecule has 1 N–H and O–H groups in total.